The van der Waals surface area contributed by atoms with Gasteiger partial charge in [0.1, 0.15) is 15.6 Å². The highest BCUT2D eigenvalue weighted by atomic mass is 32.1. The normalized spacial score (nSPS) is 10.5. The number of carboxylic acids is 1. The minimum Gasteiger partial charge on any atom is -0.494 e. The van der Waals surface area contributed by atoms with E-state index in [9.17, 15) is 9.59 Å². The number of ether oxygens (including phenoxy) is 1. The Balaban J connectivity index is 2.10. The minimum absolute atomic E-state index is 0.0523. The Morgan fingerprint density at radius 2 is 1.96 bits per heavy atom. The molecule has 2 aromatic rings. The van der Waals surface area contributed by atoms with E-state index < -0.39 is 5.97 Å². The number of benzene rings is 1. The van der Waals surface area contributed by atoms with Gasteiger partial charge in [0.05, 0.1) is 12.3 Å². The van der Waals surface area contributed by atoms with Crippen molar-refractivity contribution in [3.05, 3.63) is 34.8 Å². The third-order valence-corrected chi connectivity index (χ3v) is 4.83. The van der Waals surface area contributed by atoms with E-state index in [1.54, 1.807) is 11.9 Å². The molecule has 0 aliphatic rings. The SMILES string of the molecule is CCOc1ccc(-c2nc(C)c(C(=O)N(C)CCCC(=O)O)s2)cc1. The van der Waals surface area contributed by atoms with Crippen LogP contribution in [0.2, 0.25) is 0 Å². The van der Waals surface area contributed by atoms with Crippen LogP contribution in [0.15, 0.2) is 24.3 Å². The zero-order valence-electron chi connectivity index (χ0n) is 14.6. The fourth-order valence-corrected chi connectivity index (χ4v) is 3.39. The second-order valence-corrected chi connectivity index (χ2v) is 6.61. The summed E-state index contributed by atoms with van der Waals surface area (Å²) in [6.45, 7) is 4.76. The summed E-state index contributed by atoms with van der Waals surface area (Å²) in [5.74, 6) is -0.181. The standard InChI is InChI=1S/C18H22N2O4S/c1-4-24-14-9-7-13(8-10-14)17-19-12(2)16(25-17)18(23)20(3)11-5-6-15(21)22/h7-10H,4-6,11H2,1-3H3,(H,21,22). The van der Waals surface area contributed by atoms with Crippen LogP contribution in [0.25, 0.3) is 10.6 Å². The van der Waals surface area contributed by atoms with Crippen molar-refractivity contribution in [3.8, 4) is 16.3 Å². The van der Waals surface area contributed by atoms with Gasteiger partial charge in [-0.2, -0.15) is 0 Å². The van der Waals surface area contributed by atoms with Crippen LogP contribution >= 0.6 is 11.3 Å². The van der Waals surface area contributed by atoms with Crippen molar-refractivity contribution in [2.24, 2.45) is 0 Å². The van der Waals surface area contributed by atoms with Gasteiger partial charge in [0, 0.05) is 25.6 Å². The average Bonchev–Trinajstić information content (AvgIpc) is 2.96. The molecule has 0 bridgehead atoms. The summed E-state index contributed by atoms with van der Waals surface area (Å²) in [4.78, 5) is 29.8. The summed E-state index contributed by atoms with van der Waals surface area (Å²) >= 11 is 1.35. The van der Waals surface area contributed by atoms with Crippen LogP contribution < -0.4 is 4.74 Å². The highest BCUT2D eigenvalue weighted by molar-refractivity contribution is 7.17. The lowest BCUT2D eigenvalue weighted by molar-refractivity contribution is -0.137. The molecule has 7 heteroatoms. The van der Waals surface area contributed by atoms with Gasteiger partial charge in [-0.05, 0) is 44.5 Å². The van der Waals surface area contributed by atoms with Crippen LogP contribution in [0, 0.1) is 6.92 Å². The summed E-state index contributed by atoms with van der Waals surface area (Å²) in [6, 6.07) is 7.62. The number of hydrogen-bond acceptors (Lipinski definition) is 5. The molecule has 0 saturated carbocycles. The molecule has 0 aliphatic heterocycles. The zero-order valence-corrected chi connectivity index (χ0v) is 15.4. The first-order valence-corrected chi connectivity index (χ1v) is 8.92. The molecule has 0 saturated heterocycles. The third-order valence-electron chi connectivity index (χ3n) is 3.63. The Hall–Kier alpha value is -2.41. The average molecular weight is 362 g/mol. The van der Waals surface area contributed by atoms with Crippen molar-refractivity contribution in [2.45, 2.75) is 26.7 Å². The number of thiazole rings is 1. The van der Waals surface area contributed by atoms with Crippen LogP contribution in [0.5, 0.6) is 5.75 Å². The first-order valence-electron chi connectivity index (χ1n) is 8.10. The Kier molecular flexibility index (Phi) is 6.52. The molecule has 0 fully saturated rings. The van der Waals surface area contributed by atoms with Gasteiger partial charge in [-0.25, -0.2) is 4.98 Å². The van der Waals surface area contributed by atoms with Gasteiger partial charge < -0.3 is 14.7 Å². The number of nitrogens with zero attached hydrogens (tertiary/aromatic N) is 2. The molecule has 1 aromatic heterocycles. The van der Waals surface area contributed by atoms with E-state index in [2.05, 4.69) is 4.98 Å². The summed E-state index contributed by atoms with van der Waals surface area (Å²) < 4.78 is 5.43. The summed E-state index contributed by atoms with van der Waals surface area (Å²) in [5.41, 5.74) is 1.62. The lowest BCUT2D eigenvalue weighted by Gasteiger charge is -2.15. The summed E-state index contributed by atoms with van der Waals surface area (Å²) in [7, 11) is 1.68. The minimum atomic E-state index is -0.854. The van der Waals surface area contributed by atoms with E-state index >= 15 is 0 Å². The van der Waals surface area contributed by atoms with Crippen molar-refractivity contribution >= 4 is 23.2 Å². The quantitative estimate of drug-likeness (QED) is 0.778. The monoisotopic (exact) mass is 362 g/mol. The third kappa shape index (κ3) is 5.03. The molecule has 1 aromatic carbocycles. The topological polar surface area (TPSA) is 79.7 Å². The number of aliphatic carboxylic acids is 1. The summed E-state index contributed by atoms with van der Waals surface area (Å²) in [6.07, 6.45) is 0.484. The Morgan fingerprint density at radius 3 is 2.56 bits per heavy atom. The van der Waals surface area contributed by atoms with E-state index in [0.717, 1.165) is 16.3 Å². The molecular formula is C18H22N2O4S. The van der Waals surface area contributed by atoms with E-state index in [1.807, 2.05) is 38.1 Å². The van der Waals surface area contributed by atoms with Gasteiger partial charge in [-0.1, -0.05) is 0 Å². The zero-order chi connectivity index (χ0) is 18.4. The highest BCUT2D eigenvalue weighted by Crippen LogP contribution is 2.30. The predicted molar refractivity (Wildman–Crippen MR) is 97.3 cm³/mol. The number of aryl methyl sites for hydroxylation is 1. The van der Waals surface area contributed by atoms with Crippen molar-refractivity contribution in [2.75, 3.05) is 20.2 Å². The largest absolute Gasteiger partial charge is 0.494 e. The first-order chi connectivity index (χ1) is 11.9. The number of carboxylic acid groups (broad SMARTS) is 1. The highest BCUT2D eigenvalue weighted by Gasteiger charge is 2.19. The van der Waals surface area contributed by atoms with E-state index in [1.165, 1.54) is 11.3 Å². The molecular weight excluding hydrogens is 340 g/mol. The van der Waals surface area contributed by atoms with Gasteiger partial charge in [0.25, 0.3) is 5.91 Å². The van der Waals surface area contributed by atoms with Crippen molar-refractivity contribution in [3.63, 3.8) is 0 Å². The van der Waals surface area contributed by atoms with Crippen molar-refractivity contribution in [1.82, 2.24) is 9.88 Å². The lowest BCUT2D eigenvalue weighted by Crippen LogP contribution is -2.27. The molecule has 1 N–H and O–H groups in total. The van der Waals surface area contributed by atoms with Gasteiger partial charge in [0.15, 0.2) is 0 Å². The molecule has 0 aliphatic carbocycles. The molecule has 2 rings (SSSR count). The molecule has 1 amide bonds. The van der Waals surface area contributed by atoms with Crippen molar-refractivity contribution < 1.29 is 19.4 Å². The Morgan fingerprint density at radius 1 is 1.28 bits per heavy atom. The van der Waals surface area contributed by atoms with Crippen LogP contribution in [-0.4, -0.2) is 47.1 Å². The van der Waals surface area contributed by atoms with Gasteiger partial charge in [0.2, 0.25) is 0 Å². The van der Waals surface area contributed by atoms with Crippen molar-refractivity contribution in [1.29, 1.82) is 0 Å². The molecule has 25 heavy (non-hydrogen) atoms. The second kappa shape index (κ2) is 8.62. The van der Waals surface area contributed by atoms with E-state index in [-0.39, 0.29) is 12.3 Å². The van der Waals surface area contributed by atoms with Crippen LogP contribution in [-0.2, 0) is 4.79 Å². The molecule has 1 heterocycles. The molecule has 134 valence electrons. The van der Waals surface area contributed by atoms with Crippen LogP contribution in [0.3, 0.4) is 0 Å². The van der Waals surface area contributed by atoms with Gasteiger partial charge >= 0.3 is 5.97 Å². The lowest BCUT2D eigenvalue weighted by atomic mass is 10.2. The number of rotatable bonds is 8. The Bertz CT molecular complexity index is 740. The first kappa shape index (κ1) is 18.9. The molecule has 0 unspecified atom stereocenters. The maximum Gasteiger partial charge on any atom is 0.303 e. The molecule has 0 radical (unpaired) electrons. The number of carbonyl (C=O) groups is 2. The molecule has 0 spiro atoms. The van der Waals surface area contributed by atoms with Crippen LogP contribution in [0.4, 0.5) is 0 Å². The smallest absolute Gasteiger partial charge is 0.303 e. The number of aromatic nitrogens is 1. The van der Waals surface area contributed by atoms with Gasteiger partial charge in [-0.15, -0.1) is 11.3 Å². The fraction of sp³-hybridized carbons (Fsp3) is 0.389. The predicted octanol–water partition coefficient (Wildman–Crippen LogP) is 3.45. The summed E-state index contributed by atoms with van der Waals surface area (Å²) in [5, 5.41) is 9.47. The number of carbonyl (C=O) groups excluding carboxylic acids is 1. The number of hydrogen-bond donors (Lipinski definition) is 1. The Labute approximate surface area is 151 Å². The van der Waals surface area contributed by atoms with E-state index in [4.69, 9.17) is 9.84 Å². The second-order valence-electron chi connectivity index (χ2n) is 5.61. The molecule has 6 nitrogen and oxygen atoms in total. The maximum atomic E-state index is 12.6. The fourth-order valence-electron chi connectivity index (χ4n) is 2.32. The number of amides is 1. The molecule has 0 atom stereocenters. The van der Waals surface area contributed by atoms with Crippen LogP contribution in [0.1, 0.15) is 35.1 Å². The maximum absolute atomic E-state index is 12.6. The van der Waals surface area contributed by atoms with E-state index in [0.29, 0.717) is 30.1 Å². The van der Waals surface area contributed by atoms with Gasteiger partial charge in [-0.3, -0.25) is 9.59 Å².